The van der Waals surface area contributed by atoms with Crippen LogP contribution < -0.4 is 4.74 Å². The van der Waals surface area contributed by atoms with Crippen molar-refractivity contribution >= 4 is 16.3 Å². The van der Waals surface area contributed by atoms with E-state index in [2.05, 4.69) is 0 Å². The van der Waals surface area contributed by atoms with E-state index in [4.69, 9.17) is 8.92 Å². The minimum absolute atomic E-state index is 0.0592. The molecule has 1 fully saturated rings. The number of carbonyl (C=O) groups excluding carboxylic acids is 1. The molecule has 0 amide bonds. The highest BCUT2D eigenvalue weighted by Crippen LogP contribution is 2.71. The van der Waals surface area contributed by atoms with E-state index in [-0.39, 0.29) is 11.9 Å². The molecule has 0 saturated heterocycles. The summed E-state index contributed by atoms with van der Waals surface area (Å²) in [5.41, 5.74) is 0. The molecule has 27 heteroatoms. The summed E-state index contributed by atoms with van der Waals surface area (Å²) in [7, 11) is -4.44. The third kappa shape index (κ3) is 7.67. The zero-order chi connectivity index (χ0) is 48.3. The summed E-state index contributed by atoms with van der Waals surface area (Å²) >= 11 is 0. The minimum Gasteiger partial charge on any atom is -0.490 e. The quantitative estimate of drug-likeness (QED) is 0.134. The fourth-order valence-corrected chi connectivity index (χ4v) is 8.95. The Morgan fingerprint density at radius 2 is 0.730 bits per heavy atom. The van der Waals surface area contributed by atoms with Crippen molar-refractivity contribution in [1.82, 2.24) is 0 Å². The zero-order valence-corrected chi connectivity index (χ0v) is 31.3. The van der Waals surface area contributed by atoms with Crippen molar-refractivity contribution in [2.75, 3.05) is 0 Å². The van der Waals surface area contributed by atoms with Crippen LogP contribution in [0, 0.1) is 0 Å². The van der Waals surface area contributed by atoms with Crippen LogP contribution in [0.4, 0.5) is 101 Å². The second-order valence-electron chi connectivity index (χ2n) is 13.6. The minimum atomic E-state index is -9.57. The molecule has 3 aromatic rings. The van der Waals surface area contributed by atoms with E-state index in [1.54, 1.807) is 0 Å². The Kier molecular flexibility index (Phi) is 13.3. The Labute approximate surface area is 340 Å². The molecule has 0 heterocycles. The number of carbonyl (C=O) groups is 1. The van der Waals surface area contributed by atoms with E-state index in [1.165, 1.54) is 12.1 Å². The lowest BCUT2D eigenvalue weighted by molar-refractivity contribution is -0.477. The molecule has 0 spiro atoms. The van der Waals surface area contributed by atoms with E-state index < -0.39 is 96.4 Å². The van der Waals surface area contributed by atoms with E-state index in [0.29, 0.717) is 12.8 Å². The van der Waals surface area contributed by atoms with Gasteiger partial charge in [-0.25, -0.2) is 4.79 Å². The highest BCUT2D eigenvalue weighted by Gasteiger charge is 2.99. The molecule has 0 atom stereocenters. The van der Waals surface area contributed by atoms with Gasteiger partial charge in [0.25, 0.3) is 0 Å². The van der Waals surface area contributed by atoms with Crippen LogP contribution in [0.2, 0.25) is 0 Å². The van der Waals surface area contributed by atoms with Gasteiger partial charge in [0, 0.05) is 14.7 Å². The van der Waals surface area contributed by atoms with Crippen LogP contribution >= 0.6 is 10.3 Å². The van der Waals surface area contributed by atoms with Crippen LogP contribution in [-0.4, -0.2) is 77.5 Å². The normalized spacial score (nSPS) is 16.7. The molecule has 0 aromatic heterocycles. The number of alkyl halides is 23. The van der Waals surface area contributed by atoms with Gasteiger partial charge in [-0.1, -0.05) is 42.8 Å². The molecule has 0 N–H and O–H groups in total. The average molecular weight is 975 g/mol. The van der Waals surface area contributed by atoms with Crippen LogP contribution in [0.15, 0.2) is 99.6 Å². The topological polar surface area (TPSA) is 35.5 Å². The predicted molar refractivity (Wildman–Crippen MR) is 171 cm³/mol. The van der Waals surface area contributed by atoms with Gasteiger partial charge in [0.1, 0.15) is 5.75 Å². The Hall–Kier alpha value is -4.33. The average Bonchev–Trinajstić information content (AvgIpc) is 3.20. The van der Waals surface area contributed by atoms with Crippen molar-refractivity contribution < 1.29 is 115 Å². The monoisotopic (exact) mass is 974 g/mol. The third-order valence-corrected chi connectivity index (χ3v) is 12.7. The lowest BCUT2D eigenvalue weighted by Crippen LogP contribution is -2.78. The van der Waals surface area contributed by atoms with Crippen molar-refractivity contribution in [3.8, 4) is 5.75 Å². The van der Waals surface area contributed by atoms with E-state index in [0.717, 1.165) is 92.1 Å². The Balaban J connectivity index is 1.84. The summed E-state index contributed by atoms with van der Waals surface area (Å²) in [6.07, 6.45) is -4.98. The summed E-state index contributed by atoms with van der Waals surface area (Å²) in [5.74, 6) is -94.6. The van der Waals surface area contributed by atoms with Crippen molar-refractivity contribution in [2.24, 2.45) is 0 Å². The van der Waals surface area contributed by atoms with E-state index >= 15 is 17.6 Å². The summed E-state index contributed by atoms with van der Waals surface area (Å²) < 4.78 is 335. The molecule has 0 unspecified atom stereocenters. The fraction of sp³-hybridized carbons (Fsp3) is 0.472. The second-order valence-corrected chi connectivity index (χ2v) is 16.3. The molecule has 63 heavy (non-hydrogen) atoms. The molecule has 1 aliphatic rings. The zero-order valence-electron chi connectivity index (χ0n) is 30.5. The van der Waals surface area contributed by atoms with Crippen molar-refractivity contribution in [1.29, 1.82) is 0 Å². The summed E-state index contributed by atoms with van der Waals surface area (Å²) in [5, 5.41) is 0. The van der Waals surface area contributed by atoms with Gasteiger partial charge in [0.05, 0.1) is 6.10 Å². The van der Waals surface area contributed by atoms with Gasteiger partial charge in [-0.15, -0.1) is 0 Å². The van der Waals surface area contributed by atoms with Crippen LogP contribution in [0.1, 0.15) is 32.1 Å². The van der Waals surface area contributed by atoms with Crippen molar-refractivity contribution in [3.63, 3.8) is 0 Å². The van der Waals surface area contributed by atoms with E-state index in [1.807, 2.05) is 0 Å². The van der Waals surface area contributed by atoms with Gasteiger partial charge in [-0.3, -0.25) is 0 Å². The van der Waals surface area contributed by atoms with Gasteiger partial charge in [-0.05, 0) is 84.5 Å². The molecule has 0 aliphatic heterocycles. The lowest BCUT2D eigenvalue weighted by Gasteiger charge is -2.45. The molecule has 354 valence electrons. The second kappa shape index (κ2) is 16.3. The Morgan fingerprint density at radius 3 is 1.08 bits per heavy atom. The number of hydrogen-bond donors (Lipinski definition) is 0. The smallest absolute Gasteiger partial charge is 0.460 e. The molecule has 0 radical (unpaired) electrons. The number of ether oxygens (including phenoxy) is 1. The molecule has 4 rings (SSSR count). The van der Waals surface area contributed by atoms with Crippen LogP contribution in [-0.2, 0) is 8.98 Å². The first-order valence-corrected chi connectivity index (χ1v) is 18.7. The molecular formula is C36H25F23O3S. The van der Waals surface area contributed by atoms with Crippen molar-refractivity contribution in [3.05, 3.63) is 84.9 Å². The molecule has 1 aliphatic carbocycles. The molecule has 1 saturated carbocycles. The highest BCUT2D eigenvalue weighted by atomic mass is 32.3. The third-order valence-electron chi connectivity index (χ3n) is 9.52. The lowest BCUT2D eigenvalue weighted by atomic mass is 9.85. The van der Waals surface area contributed by atoms with Gasteiger partial charge < -0.3 is 8.92 Å². The summed E-state index contributed by atoms with van der Waals surface area (Å²) in [6, 6.07) is 14.8. The van der Waals surface area contributed by atoms with Crippen LogP contribution in [0.25, 0.3) is 0 Å². The van der Waals surface area contributed by atoms with Gasteiger partial charge in [-0.2, -0.15) is 101 Å². The first kappa shape index (κ1) is 51.3. The summed E-state index contributed by atoms with van der Waals surface area (Å²) in [6.45, 7) is 0. The Bertz CT molecular complexity index is 2010. The van der Waals surface area contributed by atoms with Crippen LogP contribution in [0.5, 0.6) is 5.75 Å². The molecular weight excluding hydrogens is 949 g/mol. The SMILES string of the molecule is O=C(OS(c1ccccc1)(c1ccccc1)c1ccc(OC2CCCCC2)cc1)C(F)(F)C(F)(F)C(F)(F)C(F)(F)C(F)(F)C(F)(F)C(F)(F)C(F)(F)C(F)(F)C(F)(F)C(F)(F)F. The van der Waals surface area contributed by atoms with Crippen molar-refractivity contribution in [2.45, 2.75) is 118 Å². The maximum atomic E-state index is 15.5. The molecule has 3 aromatic carbocycles. The van der Waals surface area contributed by atoms with E-state index in [9.17, 15) is 88.2 Å². The van der Waals surface area contributed by atoms with Gasteiger partial charge in [0.15, 0.2) is 0 Å². The fourth-order valence-electron chi connectivity index (χ4n) is 5.91. The standard InChI is InChI=1S/C36H25F23O3S/c37-26(38,27(39,40)28(41,42)29(43,44)30(45,46)31(47,48)32(49,50)33(51,52)34(53,54)35(55,56)36(57,58)59)25(60)62-63(22-12-6-2-7-13-22,23-14-8-3-9-15-23)24-18-16-21(17-19-24)61-20-10-4-1-5-11-20/h2-3,6-9,12-20H,1,4-5,10-11H2. The van der Waals surface area contributed by atoms with Gasteiger partial charge >= 0.3 is 71.4 Å². The summed E-state index contributed by atoms with van der Waals surface area (Å²) in [4.78, 5) is 11.7. The predicted octanol–water partition coefficient (Wildman–Crippen LogP) is 14.1. The van der Waals surface area contributed by atoms with Gasteiger partial charge in [0.2, 0.25) is 0 Å². The largest absolute Gasteiger partial charge is 0.490 e. The highest BCUT2D eigenvalue weighted by molar-refractivity contribution is 8.30. The maximum absolute atomic E-state index is 15.5. The number of halogens is 23. The Morgan fingerprint density at radius 1 is 0.413 bits per heavy atom. The number of rotatable bonds is 16. The molecule has 0 bridgehead atoms. The number of hydrogen-bond acceptors (Lipinski definition) is 3. The first-order valence-electron chi connectivity index (χ1n) is 17.2. The maximum Gasteiger partial charge on any atom is 0.460 e. The first-order chi connectivity index (χ1) is 28.4. The van der Waals surface area contributed by atoms with Crippen LogP contribution in [0.3, 0.4) is 0 Å². The number of benzene rings is 3. The molecule has 3 nitrogen and oxygen atoms in total.